The van der Waals surface area contributed by atoms with Crippen molar-refractivity contribution in [2.75, 3.05) is 0 Å². The van der Waals surface area contributed by atoms with Gasteiger partial charge in [0.05, 0.1) is 0 Å². The summed E-state index contributed by atoms with van der Waals surface area (Å²) in [6.07, 6.45) is 3.59. The first-order valence-corrected chi connectivity index (χ1v) is 12.3. The van der Waals surface area contributed by atoms with Crippen LogP contribution in [0.5, 0.6) is 0 Å². The number of aromatic nitrogens is 2. The van der Waals surface area contributed by atoms with Gasteiger partial charge in [-0.25, -0.2) is 0 Å². The van der Waals surface area contributed by atoms with Crippen molar-refractivity contribution in [2.45, 2.75) is 0 Å². The number of rotatable bonds is 3. The number of pyridine rings is 2. The molecule has 0 saturated carbocycles. The summed E-state index contributed by atoms with van der Waals surface area (Å²) in [4.78, 5) is 8.63. The molecule has 0 aliphatic carbocycles. The Hall–Kier alpha value is -4.61. The molecule has 0 saturated heterocycles. The van der Waals surface area contributed by atoms with Crippen molar-refractivity contribution >= 4 is 0 Å². The maximum absolute atomic E-state index is 4.41. The predicted molar refractivity (Wildman–Crippen MR) is 155 cm³/mol. The molecule has 6 rings (SSSR count). The topological polar surface area (TPSA) is 25.8 Å². The SMILES string of the molecule is C(#Cc1cccc(-c2cc[c-]c(-c3ccccn3)c2)c1)c1ccccc1.[Ir].[c-]1ccccc1-c1ccccn1. The predicted octanol–water partition coefficient (Wildman–Crippen LogP) is 8.16. The summed E-state index contributed by atoms with van der Waals surface area (Å²) in [5.74, 6) is 6.46. The van der Waals surface area contributed by atoms with Gasteiger partial charge in [-0.1, -0.05) is 66.4 Å². The van der Waals surface area contributed by atoms with Crippen LogP contribution in [0.2, 0.25) is 0 Å². The monoisotopic (exact) mass is 677 g/mol. The van der Waals surface area contributed by atoms with Crippen LogP contribution in [-0.4, -0.2) is 9.97 Å². The van der Waals surface area contributed by atoms with Gasteiger partial charge in [0.15, 0.2) is 0 Å². The molecule has 189 valence electrons. The molecule has 0 aliphatic heterocycles. The third-order valence-electron chi connectivity index (χ3n) is 5.71. The van der Waals surface area contributed by atoms with E-state index < -0.39 is 0 Å². The van der Waals surface area contributed by atoms with Gasteiger partial charge in [-0.15, -0.1) is 71.3 Å². The van der Waals surface area contributed by atoms with Crippen LogP contribution in [0.4, 0.5) is 0 Å². The summed E-state index contributed by atoms with van der Waals surface area (Å²) < 4.78 is 0. The summed E-state index contributed by atoms with van der Waals surface area (Å²) in [6.45, 7) is 0. The van der Waals surface area contributed by atoms with Gasteiger partial charge >= 0.3 is 0 Å². The Morgan fingerprint density at radius 1 is 0.462 bits per heavy atom. The molecule has 0 aliphatic rings. The van der Waals surface area contributed by atoms with E-state index >= 15 is 0 Å². The molecule has 39 heavy (non-hydrogen) atoms. The van der Waals surface area contributed by atoms with E-state index in [0.29, 0.717) is 0 Å². The van der Waals surface area contributed by atoms with Crippen LogP contribution in [0.1, 0.15) is 11.1 Å². The van der Waals surface area contributed by atoms with Crippen LogP contribution in [0.3, 0.4) is 0 Å². The maximum atomic E-state index is 4.41. The molecule has 0 amide bonds. The van der Waals surface area contributed by atoms with E-state index in [2.05, 4.69) is 58.2 Å². The first-order valence-electron chi connectivity index (χ1n) is 12.3. The van der Waals surface area contributed by atoms with Crippen molar-refractivity contribution in [3.8, 4) is 45.5 Å². The second kappa shape index (κ2) is 14.4. The van der Waals surface area contributed by atoms with E-state index in [1.165, 1.54) is 0 Å². The Balaban J connectivity index is 0.000000228. The van der Waals surface area contributed by atoms with Gasteiger partial charge in [0.25, 0.3) is 0 Å². The summed E-state index contributed by atoms with van der Waals surface area (Å²) >= 11 is 0. The molecular formula is C36H24IrN2-2. The molecule has 0 spiro atoms. The zero-order valence-electron chi connectivity index (χ0n) is 21.1. The molecule has 0 fully saturated rings. The molecule has 0 N–H and O–H groups in total. The zero-order chi connectivity index (χ0) is 25.8. The summed E-state index contributed by atoms with van der Waals surface area (Å²) in [6, 6.07) is 50.4. The number of hydrogen-bond donors (Lipinski definition) is 0. The third-order valence-corrected chi connectivity index (χ3v) is 5.71. The Morgan fingerprint density at radius 2 is 1.08 bits per heavy atom. The third kappa shape index (κ3) is 7.93. The van der Waals surface area contributed by atoms with Gasteiger partial charge in [-0.3, -0.25) is 0 Å². The Kier molecular flexibility index (Phi) is 10.1. The summed E-state index contributed by atoms with van der Waals surface area (Å²) in [7, 11) is 0. The van der Waals surface area contributed by atoms with Crippen LogP contribution in [0, 0.1) is 24.0 Å². The molecule has 0 bridgehead atoms. The molecule has 3 heteroatoms. The van der Waals surface area contributed by atoms with Crippen molar-refractivity contribution in [1.29, 1.82) is 0 Å². The van der Waals surface area contributed by atoms with Gasteiger partial charge in [0.2, 0.25) is 0 Å². The van der Waals surface area contributed by atoms with Gasteiger partial charge in [-0.2, -0.15) is 0 Å². The Labute approximate surface area is 243 Å². The molecular weight excluding hydrogens is 653 g/mol. The van der Waals surface area contributed by atoms with Gasteiger partial charge in [0, 0.05) is 43.6 Å². The molecule has 0 unspecified atom stereocenters. The Bertz CT molecular complexity index is 1600. The van der Waals surface area contributed by atoms with E-state index in [0.717, 1.165) is 44.8 Å². The number of hydrogen-bond acceptors (Lipinski definition) is 2. The molecule has 0 atom stereocenters. The van der Waals surface area contributed by atoms with Crippen molar-refractivity contribution in [2.24, 2.45) is 0 Å². The molecule has 2 aromatic heterocycles. The second-order valence-corrected chi connectivity index (χ2v) is 8.39. The van der Waals surface area contributed by atoms with Crippen LogP contribution >= 0.6 is 0 Å². The fourth-order valence-corrected chi connectivity index (χ4v) is 3.83. The van der Waals surface area contributed by atoms with Crippen LogP contribution in [0.15, 0.2) is 146 Å². The molecule has 2 nitrogen and oxygen atoms in total. The minimum Gasteiger partial charge on any atom is -0.305 e. The number of benzene rings is 4. The van der Waals surface area contributed by atoms with Gasteiger partial charge in [-0.05, 0) is 53.3 Å². The van der Waals surface area contributed by atoms with Crippen molar-refractivity contribution < 1.29 is 20.1 Å². The van der Waals surface area contributed by atoms with Crippen LogP contribution in [0.25, 0.3) is 33.6 Å². The quantitative estimate of drug-likeness (QED) is 0.140. The van der Waals surface area contributed by atoms with Gasteiger partial charge < -0.3 is 9.97 Å². The first kappa shape index (κ1) is 27.4. The largest absolute Gasteiger partial charge is 0.305 e. The minimum absolute atomic E-state index is 0. The van der Waals surface area contributed by atoms with E-state index in [1.54, 1.807) is 12.4 Å². The Morgan fingerprint density at radius 3 is 1.77 bits per heavy atom. The zero-order valence-corrected chi connectivity index (χ0v) is 23.5. The van der Waals surface area contributed by atoms with Gasteiger partial charge in [0.1, 0.15) is 0 Å². The van der Waals surface area contributed by atoms with E-state index in [-0.39, 0.29) is 20.1 Å². The molecule has 6 aromatic rings. The van der Waals surface area contributed by atoms with E-state index in [4.69, 9.17) is 0 Å². The summed E-state index contributed by atoms with van der Waals surface area (Å²) in [5, 5.41) is 0. The first-order chi connectivity index (χ1) is 18.8. The van der Waals surface area contributed by atoms with Crippen molar-refractivity contribution in [3.05, 3.63) is 169 Å². The fourth-order valence-electron chi connectivity index (χ4n) is 3.83. The molecule has 4 aromatic carbocycles. The van der Waals surface area contributed by atoms with E-state index in [9.17, 15) is 0 Å². The normalized spacial score (nSPS) is 9.64. The summed E-state index contributed by atoms with van der Waals surface area (Å²) in [5.41, 5.74) is 8.21. The van der Waals surface area contributed by atoms with Crippen LogP contribution < -0.4 is 0 Å². The van der Waals surface area contributed by atoms with E-state index in [1.807, 2.05) is 109 Å². The number of nitrogens with zero attached hydrogens (tertiary/aromatic N) is 2. The van der Waals surface area contributed by atoms with Crippen LogP contribution in [-0.2, 0) is 20.1 Å². The van der Waals surface area contributed by atoms with Crippen molar-refractivity contribution in [1.82, 2.24) is 9.97 Å². The van der Waals surface area contributed by atoms with Crippen molar-refractivity contribution in [3.63, 3.8) is 0 Å². The smallest absolute Gasteiger partial charge is 0.0254 e. The fraction of sp³-hybridized carbons (Fsp3) is 0. The average Bonchev–Trinajstić information content (AvgIpc) is 3.02. The minimum atomic E-state index is 0. The standard InChI is InChI=1S/C25H16N.C11H8N.Ir/c1-2-8-20(9-3-1)15-16-21-10-6-11-22(18-21)23-12-7-13-24(19-23)25-14-4-5-17-26-25;1-2-6-10(7-3-1)11-8-4-5-9-12-11;/h1-12,14,17-19H;1-6,8-9H;/q2*-1;. The molecule has 2 heterocycles. The second-order valence-electron chi connectivity index (χ2n) is 8.39. The maximum Gasteiger partial charge on any atom is 0.0254 e. The average molecular weight is 677 g/mol. The molecule has 1 radical (unpaired) electrons.